The Morgan fingerprint density at radius 3 is 2.62 bits per heavy atom. The van der Waals surface area contributed by atoms with Crippen LogP contribution in [-0.4, -0.2) is 17.8 Å². The van der Waals surface area contributed by atoms with Crippen molar-refractivity contribution in [1.82, 2.24) is 0 Å². The number of hydrogen-bond acceptors (Lipinski definition) is 2. The third-order valence-electron chi connectivity index (χ3n) is 2.48. The van der Waals surface area contributed by atoms with Crippen LogP contribution in [0.1, 0.15) is 24.5 Å². The molecule has 2 atom stereocenters. The minimum Gasteiger partial charge on any atom is -0.394 e. The predicted octanol–water partition coefficient (Wildman–Crippen LogP) is 1.90. The number of ether oxygens (including phenoxy) is 1. The van der Waals surface area contributed by atoms with E-state index in [0.717, 1.165) is 12.8 Å². The topological polar surface area (TPSA) is 29.5 Å². The highest BCUT2D eigenvalue weighted by Crippen LogP contribution is 2.31. The summed E-state index contributed by atoms with van der Waals surface area (Å²) in [4.78, 5) is 0. The highest BCUT2D eigenvalue weighted by Gasteiger charge is 2.25. The monoisotopic (exact) mass is 178 g/mol. The molecule has 0 aliphatic carbocycles. The second-order valence-corrected chi connectivity index (χ2v) is 3.42. The van der Waals surface area contributed by atoms with Gasteiger partial charge in [0.2, 0.25) is 0 Å². The van der Waals surface area contributed by atoms with Crippen molar-refractivity contribution in [2.75, 3.05) is 6.61 Å². The number of hydrogen-bond donors (Lipinski definition) is 1. The summed E-state index contributed by atoms with van der Waals surface area (Å²) in [7, 11) is 0. The van der Waals surface area contributed by atoms with Gasteiger partial charge in [0.15, 0.2) is 0 Å². The van der Waals surface area contributed by atoms with E-state index in [9.17, 15) is 0 Å². The zero-order valence-corrected chi connectivity index (χ0v) is 7.52. The third kappa shape index (κ3) is 1.90. The van der Waals surface area contributed by atoms with Crippen LogP contribution >= 0.6 is 0 Å². The summed E-state index contributed by atoms with van der Waals surface area (Å²) in [6.45, 7) is 0.142. The molecule has 2 rings (SSSR count). The Morgan fingerprint density at radius 1 is 1.23 bits per heavy atom. The van der Waals surface area contributed by atoms with Crippen LogP contribution in [0, 0.1) is 0 Å². The Labute approximate surface area is 78.2 Å². The van der Waals surface area contributed by atoms with E-state index in [2.05, 4.69) is 12.1 Å². The van der Waals surface area contributed by atoms with E-state index in [1.54, 1.807) is 0 Å². The zero-order chi connectivity index (χ0) is 9.10. The van der Waals surface area contributed by atoms with Gasteiger partial charge in [-0.25, -0.2) is 0 Å². The summed E-state index contributed by atoms with van der Waals surface area (Å²) in [5.74, 6) is 0. The summed E-state index contributed by atoms with van der Waals surface area (Å²) in [5.41, 5.74) is 1.22. The lowest BCUT2D eigenvalue weighted by atomic mass is 10.1. The fourth-order valence-electron chi connectivity index (χ4n) is 1.75. The highest BCUT2D eigenvalue weighted by atomic mass is 16.5. The molecule has 0 saturated carbocycles. The maximum Gasteiger partial charge on any atom is 0.0830 e. The first-order chi connectivity index (χ1) is 6.40. The SMILES string of the molecule is OC[C@H]1CC[C@@H](c2ccccc2)O1. The first-order valence-corrected chi connectivity index (χ1v) is 4.71. The molecule has 0 amide bonds. The Hall–Kier alpha value is -0.860. The number of aliphatic hydroxyl groups is 1. The molecule has 1 aliphatic heterocycles. The lowest BCUT2D eigenvalue weighted by Crippen LogP contribution is -2.10. The molecule has 1 aromatic rings. The van der Waals surface area contributed by atoms with Gasteiger partial charge in [0, 0.05) is 0 Å². The molecule has 0 bridgehead atoms. The van der Waals surface area contributed by atoms with Crippen LogP contribution < -0.4 is 0 Å². The van der Waals surface area contributed by atoms with E-state index >= 15 is 0 Å². The Kier molecular flexibility index (Phi) is 2.62. The smallest absolute Gasteiger partial charge is 0.0830 e. The number of benzene rings is 1. The fourth-order valence-corrected chi connectivity index (χ4v) is 1.75. The summed E-state index contributed by atoms with van der Waals surface area (Å²) < 4.78 is 5.65. The van der Waals surface area contributed by atoms with Gasteiger partial charge in [-0.15, -0.1) is 0 Å². The molecule has 1 aromatic carbocycles. The Bertz CT molecular complexity index is 258. The second-order valence-electron chi connectivity index (χ2n) is 3.42. The van der Waals surface area contributed by atoms with Gasteiger partial charge in [-0.3, -0.25) is 0 Å². The van der Waals surface area contributed by atoms with Crippen molar-refractivity contribution in [2.24, 2.45) is 0 Å². The van der Waals surface area contributed by atoms with Crippen molar-refractivity contribution in [3.05, 3.63) is 35.9 Å². The van der Waals surface area contributed by atoms with Crippen LogP contribution in [0.15, 0.2) is 30.3 Å². The first-order valence-electron chi connectivity index (χ1n) is 4.71. The lowest BCUT2D eigenvalue weighted by molar-refractivity contribution is 0.0110. The van der Waals surface area contributed by atoms with Gasteiger partial charge in [0.05, 0.1) is 18.8 Å². The van der Waals surface area contributed by atoms with Gasteiger partial charge in [0.25, 0.3) is 0 Å². The molecular weight excluding hydrogens is 164 g/mol. The molecule has 0 radical (unpaired) electrons. The molecule has 1 N–H and O–H groups in total. The maximum atomic E-state index is 8.91. The predicted molar refractivity (Wildman–Crippen MR) is 50.4 cm³/mol. The van der Waals surface area contributed by atoms with E-state index in [-0.39, 0.29) is 18.8 Å². The number of aliphatic hydroxyl groups excluding tert-OH is 1. The summed E-state index contributed by atoms with van der Waals surface area (Å²) >= 11 is 0. The summed E-state index contributed by atoms with van der Waals surface area (Å²) in [5, 5.41) is 8.91. The van der Waals surface area contributed by atoms with Gasteiger partial charge in [-0.1, -0.05) is 30.3 Å². The van der Waals surface area contributed by atoms with Gasteiger partial charge in [0.1, 0.15) is 0 Å². The second kappa shape index (κ2) is 3.90. The van der Waals surface area contributed by atoms with Gasteiger partial charge >= 0.3 is 0 Å². The van der Waals surface area contributed by atoms with E-state index in [1.165, 1.54) is 5.56 Å². The Morgan fingerprint density at radius 2 is 2.00 bits per heavy atom. The van der Waals surface area contributed by atoms with Gasteiger partial charge in [-0.2, -0.15) is 0 Å². The molecule has 1 saturated heterocycles. The molecule has 2 nitrogen and oxygen atoms in total. The van der Waals surface area contributed by atoms with E-state index in [1.807, 2.05) is 18.2 Å². The van der Waals surface area contributed by atoms with Gasteiger partial charge in [-0.05, 0) is 18.4 Å². The van der Waals surface area contributed by atoms with Crippen molar-refractivity contribution in [1.29, 1.82) is 0 Å². The van der Waals surface area contributed by atoms with E-state index in [0.29, 0.717) is 0 Å². The molecule has 1 fully saturated rings. The van der Waals surface area contributed by atoms with Crippen LogP contribution in [0.4, 0.5) is 0 Å². The molecule has 2 heteroatoms. The summed E-state index contributed by atoms with van der Waals surface area (Å²) in [6, 6.07) is 10.2. The van der Waals surface area contributed by atoms with Gasteiger partial charge < -0.3 is 9.84 Å². The molecule has 70 valence electrons. The molecule has 1 aliphatic rings. The average molecular weight is 178 g/mol. The zero-order valence-electron chi connectivity index (χ0n) is 7.52. The minimum absolute atomic E-state index is 0.0465. The maximum absolute atomic E-state index is 8.91. The molecule has 0 unspecified atom stereocenters. The third-order valence-corrected chi connectivity index (χ3v) is 2.48. The van der Waals surface area contributed by atoms with Crippen LogP contribution in [0.2, 0.25) is 0 Å². The van der Waals surface area contributed by atoms with Crippen molar-refractivity contribution in [3.8, 4) is 0 Å². The van der Waals surface area contributed by atoms with Crippen molar-refractivity contribution < 1.29 is 9.84 Å². The van der Waals surface area contributed by atoms with Crippen molar-refractivity contribution in [3.63, 3.8) is 0 Å². The van der Waals surface area contributed by atoms with Crippen molar-refractivity contribution >= 4 is 0 Å². The highest BCUT2D eigenvalue weighted by molar-refractivity contribution is 5.18. The van der Waals surface area contributed by atoms with Crippen LogP contribution in [0.25, 0.3) is 0 Å². The fraction of sp³-hybridized carbons (Fsp3) is 0.455. The molecule has 0 spiro atoms. The van der Waals surface area contributed by atoms with E-state index in [4.69, 9.17) is 9.84 Å². The molecule has 0 aromatic heterocycles. The first kappa shape index (κ1) is 8.73. The van der Waals surface area contributed by atoms with Crippen LogP contribution in [0.5, 0.6) is 0 Å². The lowest BCUT2D eigenvalue weighted by Gasteiger charge is -2.11. The van der Waals surface area contributed by atoms with Crippen LogP contribution in [-0.2, 0) is 4.74 Å². The summed E-state index contributed by atoms with van der Waals surface area (Å²) in [6.07, 6.45) is 2.23. The average Bonchev–Trinajstić information content (AvgIpc) is 2.67. The minimum atomic E-state index is 0.0465. The largest absolute Gasteiger partial charge is 0.394 e. The Balaban J connectivity index is 2.04. The molecule has 13 heavy (non-hydrogen) atoms. The normalized spacial score (nSPS) is 27.8. The quantitative estimate of drug-likeness (QED) is 0.749. The van der Waals surface area contributed by atoms with E-state index < -0.39 is 0 Å². The standard InChI is InChI=1S/C11H14O2/c12-8-10-6-7-11(13-10)9-4-2-1-3-5-9/h1-5,10-12H,6-8H2/t10-,11+/m1/s1. The molecular formula is C11H14O2. The molecule has 1 heterocycles. The van der Waals surface area contributed by atoms with Crippen molar-refractivity contribution in [2.45, 2.75) is 25.0 Å². The van der Waals surface area contributed by atoms with Crippen LogP contribution in [0.3, 0.4) is 0 Å². The number of rotatable bonds is 2.